The molecule has 1 amide bonds. The molecule has 1 aliphatic rings. The van der Waals surface area contributed by atoms with E-state index in [1.54, 1.807) is 16.9 Å². The fourth-order valence-electron chi connectivity index (χ4n) is 3.87. The molecular weight excluding hydrogens is 420 g/mol. The Hall–Kier alpha value is -4.45. The van der Waals surface area contributed by atoms with Crippen LogP contribution >= 0.6 is 0 Å². The Bertz CT molecular complexity index is 1450. The van der Waals surface area contributed by atoms with Gasteiger partial charge < -0.3 is 15.0 Å². The van der Waals surface area contributed by atoms with Crippen molar-refractivity contribution >= 4 is 34.3 Å². The van der Waals surface area contributed by atoms with E-state index in [0.717, 1.165) is 24.0 Å². The second-order valence-electron chi connectivity index (χ2n) is 7.96. The van der Waals surface area contributed by atoms with Crippen molar-refractivity contribution in [2.45, 2.75) is 12.8 Å². The number of hydrogen-bond donors (Lipinski definition) is 2. The normalized spacial score (nSPS) is 13.0. The number of carbonyl (C=O) groups excluding carboxylic acids is 2. The van der Waals surface area contributed by atoms with Crippen molar-refractivity contribution in [2.75, 3.05) is 12.4 Å². The molecule has 0 spiro atoms. The molecule has 0 atom stereocenters. The highest BCUT2D eigenvalue weighted by molar-refractivity contribution is 6.10. The summed E-state index contributed by atoms with van der Waals surface area (Å²) >= 11 is 0. The number of pyridine rings is 1. The number of nitrogens with one attached hydrogen (secondary N) is 2. The van der Waals surface area contributed by atoms with E-state index >= 15 is 0 Å². The SMILES string of the molecule is [C-]#[N+]c1c(-c2cnn(C)c2)cccc1-c1cc2c(C(=O)OC)cnc(NC(=O)C3CC3)c2[nH]1. The number of hydrogen-bond acceptors (Lipinski definition) is 5. The third kappa shape index (κ3) is 3.61. The lowest BCUT2D eigenvalue weighted by molar-refractivity contribution is -0.117. The monoisotopic (exact) mass is 440 g/mol. The van der Waals surface area contributed by atoms with Gasteiger partial charge in [-0.25, -0.2) is 14.6 Å². The molecule has 4 aromatic rings. The number of fused-ring (bicyclic) bond motifs is 1. The number of amides is 1. The van der Waals surface area contributed by atoms with Crippen molar-refractivity contribution in [3.8, 4) is 22.4 Å². The fourth-order valence-corrected chi connectivity index (χ4v) is 3.87. The van der Waals surface area contributed by atoms with E-state index in [0.29, 0.717) is 33.7 Å². The largest absolute Gasteiger partial charge is 0.465 e. The smallest absolute Gasteiger partial charge is 0.340 e. The van der Waals surface area contributed by atoms with Gasteiger partial charge in [0.05, 0.1) is 31.0 Å². The topological polar surface area (TPSA) is 106 Å². The van der Waals surface area contributed by atoms with Crippen LogP contribution in [0.1, 0.15) is 23.2 Å². The van der Waals surface area contributed by atoms with Gasteiger partial charge in [-0.3, -0.25) is 9.48 Å². The Morgan fingerprint density at radius 3 is 2.73 bits per heavy atom. The molecule has 5 rings (SSSR count). The third-order valence-electron chi connectivity index (χ3n) is 5.72. The lowest BCUT2D eigenvalue weighted by Crippen LogP contribution is -2.15. The number of esters is 1. The van der Waals surface area contributed by atoms with Crippen LogP contribution in [0.5, 0.6) is 0 Å². The average molecular weight is 440 g/mol. The molecule has 1 aromatic carbocycles. The molecule has 1 saturated carbocycles. The first-order valence-corrected chi connectivity index (χ1v) is 10.4. The molecule has 3 aromatic heterocycles. The third-order valence-corrected chi connectivity index (χ3v) is 5.72. The molecule has 33 heavy (non-hydrogen) atoms. The van der Waals surface area contributed by atoms with Gasteiger partial charge in [0.25, 0.3) is 0 Å². The maximum Gasteiger partial charge on any atom is 0.340 e. The molecule has 3 heterocycles. The van der Waals surface area contributed by atoms with Crippen LogP contribution in [0.2, 0.25) is 0 Å². The van der Waals surface area contributed by atoms with Gasteiger partial charge in [0.2, 0.25) is 11.6 Å². The van der Waals surface area contributed by atoms with Crippen LogP contribution in [0.3, 0.4) is 0 Å². The highest BCUT2D eigenvalue weighted by Gasteiger charge is 2.30. The molecule has 0 aliphatic heterocycles. The van der Waals surface area contributed by atoms with Crippen molar-refractivity contribution in [1.82, 2.24) is 19.7 Å². The number of H-pyrrole nitrogens is 1. The van der Waals surface area contributed by atoms with Crippen LogP contribution in [0.4, 0.5) is 11.5 Å². The highest BCUT2D eigenvalue weighted by atomic mass is 16.5. The van der Waals surface area contributed by atoms with Crippen LogP contribution < -0.4 is 5.32 Å². The maximum absolute atomic E-state index is 12.4. The van der Waals surface area contributed by atoms with Crippen molar-refractivity contribution in [3.05, 3.63) is 59.8 Å². The summed E-state index contributed by atoms with van der Waals surface area (Å²) in [7, 11) is 3.13. The van der Waals surface area contributed by atoms with Gasteiger partial charge in [0.15, 0.2) is 5.82 Å². The van der Waals surface area contributed by atoms with Crippen LogP contribution in [0.15, 0.2) is 42.9 Å². The second kappa shape index (κ2) is 7.91. The molecule has 164 valence electrons. The molecule has 0 bridgehead atoms. The summed E-state index contributed by atoms with van der Waals surface area (Å²) in [5.41, 5.74) is 4.10. The molecule has 9 heteroatoms. The first-order valence-electron chi connectivity index (χ1n) is 10.4. The molecular formula is C24H20N6O3. The minimum atomic E-state index is -0.535. The number of aryl methyl sites for hydroxylation is 1. The summed E-state index contributed by atoms with van der Waals surface area (Å²) in [5, 5.41) is 7.63. The standard InChI is InChI=1S/C24H20N6O3/c1-25-20-15(14-10-27-30(2)12-14)5-4-6-16(20)19-9-17-18(24(32)33-3)11-26-22(21(17)28-19)29-23(31)13-7-8-13/h4-6,9-13,28H,7-8H2,2-3H3,(H,26,29,31). The number of benzene rings is 1. The van der Waals surface area contributed by atoms with Gasteiger partial charge in [-0.15, -0.1) is 0 Å². The average Bonchev–Trinajstić information content (AvgIpc) is 3.44. The molecule has 0 saturated heterocycles. The van der Waals surface area contributed by atoms with Crippen molar-refractivity contribution in [2.24, 2.45) is 13.0 Å². The van der Waals surface area contributed by atoms with Gasteiger partial charge in [-0.05, 0) is 24.5 Å². The van der Waals surface area contributed by atoms with E-state index in [4.69, 9.17) is 11.3 Å². The number of para-hydroxylation sites is 1. The summed E-state index contributed by atoms with van der Waals surface area (Å²) in [6, 6.07) is 7.37. The summed E-state index contributed by atoms with van der Waals surface area (Å²) in [4.78, 5) is 36.1. The number of carbonyl (C=O) groups is 2. The summed E-state index contributed by atoms with van der Waals surface area (Å²) in [6.45, 7) is 7.83. The van der Waals surface area contributed by atoms with Gasteiger partial charge >= 0.3 is 5.97 Å². The van der Waals surface area contributed by atoms with Crippen LogP contribution in [-0.2, 0) is 16.6 Å². The molecule has 1 aliphatic carbocycles. The Kier molecular flexibility index (Phi) is 4.90. The first kappa shape index (κ1) is 20.5. The zero-order chi connectivity index (χ0) is 23.1. The van der Waals surface area contributed by atoms with E-state index in [9.17, 15) is 9.59 Å². The van der Waals surface area contributed by atoms with Gasteiger partial charge in [0.1, 0.15) is 0 Å². The zero-order valence-electron chi connectivity index (χ0n) is 18.0. The van der Waals surface area contributed by atoms with Crippen LogP contribution in [0, 0.1) is 12.5 Å². The Morgan fingerprint density at radius 1 is 1.27 bits per heavy atom. The van der Waals surface area contributed by atoms with E-state index in [1.165, 1.54) is 13.3 Å². The zero-order valence-corrected chi connectivity index (χ0v) is 18.0. The summed E-state index contributed by atoms with van der Waals surface area (Å²) < 4.78 is 6.60. The Labute approximate surface area is 189 Å². The molecule has 0 radical (unpaired) electrons. The Morgan fingerprint density at radius 2 is 2.06 bits per heavy atom. The van der Waals surface area contributed by atoms with E-state index in [-0.39, 0.29) is 17.4 Å². The van der Waals surface area contributed by atoms with E-state index in [2.05, 4.69) is 25.2 Å². The lowest BCUT2D eigenvalue weighted by atomic mass is 10.0. The number of aromatic nitrogens is 4. The number of aromatic amines is 1. The number of anilines is 1. The number of methoxy groups -OCH3 is 1. The highest BCUT2D eigenvalue weighted by Crippen LogP contribution is 2.41. The predicted molar refractivity (Wildman–Crippen MR) is 123 cm³/mol. The van der Waals surface area contributed by atoms with E-state index < -0.39 is 5.97 Å². The molecule has 1 fully saturated rings. The number of ether oxygens (including phenoxy) is 1. The van der Waals surface area contributed by atoms with E-state index in [1.807, 2.05) is 31.4 Å². The number of rotatable bonds is 5. The molecule has 9 nitrogen and oxygen atoms in total. The van der Waals surface area contributed by atoms with Gasteiger partial charge in [-0.2, -0.15) is 5.10 Å². The van der Waals surface area contributed by atoms with Crippen molar-refractivity contribution < 1.29 is 14.3 Å². The molecule has 0 unspecified atom stereocenters. The summed E-state index contributed by atoms with van der Waals surface area (Å²) in [6.07, 6.45) is 6.69. The fraction of sp³-hybridized carbons (Fsp3) is 0.208. The predicted octanol–water partition coefficient (Wildman–Crippen LogP) is 4.32. The van der Waals surface area contributed by atoms with Crippen LogP contribution in [0.25, 0.3) is 38.1 Å². The Balaban J connectivity index is 1.68. The minimum Gasteiger partial charge on any atom is -0.465 e. The maximum atomic E-state index is 12.4. The van der Waals surface area contributed by atoms with Gasteiger partial charge in [0, 0.05) is 47.6 Å². The number of nitrogens with zero attached hydrogens (tertiary/aromatic N) is 4. The minimum absolute atomic E-state index is 0.00134. The van der Waals surface area contributed by atoms with Crippen molar-refractivity contribution in [3.63, 3.8) is 0 Å². The summed E-state index contributed by atoms with van der Waals surface area (Å²) in [5.74, 6) is -0.283. The van der Waals surface area contributed by atoms with Gasteiger partial charge in [-0.1, -0.05) is 18.2 Å². The molecule has 2 N–H and O–H groups in total. The second-order valence-corrected chi connectivity index (χ2v) is 7.96. The van der Waals surface area contributed by atoms with Crippen LogP contribution in [-0.4, -0.2) is 38.7 Å². The quantitative estimate of drug-likeness (QED) is 0.355. The van der Waals surface area contributed by atoms with Crippen molar-refractivity contribution in [1.29, 1.82) is 0 Å². The first-order chi connectivity index (χ1) is 16.0. The lowest BCUT2D eigenvalue weighted by Gasteiger charge is -2.08.